The standard InChI is InChI=1S/C19H25N5O2S/c1-2-10-20-16(25)11-21-17(26)13-27-19-23-22-18(15-8-9-15)24(19)12-14-6-4-3-5-7-14/h3-7,15H,2,8-13H2,1H3,(H,20,25)(H,21,26). The minimum Gasteiger partial charge on any atom is -0.355 e. The Balaban J connectivity index is 1.56. The molecule has 1 saturated carbocycles. The number of benzene rings is 1. The van der Waals surface area contributed by atoms with Gasteiger partial charge in [-0.15, -0.1) is 10.2 Å². The van der Waals surface area contributed by atoms with Crippen LogP contribution in [0.3, 0.4) is 0 Å². The number of carbonyl (C=O) groups excluding carboxylic acids is 2. The molecule has 1 aliphatic carbocycles. The Morgan fingerprint density at radius 1 is 1.15 bits per heavy atom. The number of nitrogens with zero attached hydrogens (tertiary/aromatic N) is 3. The van der Waals surface area contributed by atoms with Crippen LogP contribution in [0.1, 0.15) is 43.5 Å². The molecule has 1 aliphatic rings. The van der Waals surface area contributed by atoms with E-state index < -0.39 is 0 Å². The van der Waals surface area contributed by atoms with E-state index in [0.717, 1.165) is 30.2 Å². The molecule has 2 amide bonds. The van der Waals surface area contributed by atoms with Gasteiger partial charge in [0.1, 0.15) is 5.82 Å². The Hall–Kier alpha value is -2.35. The largest absolute Gasteiger partial charge is 0.355 e. The quantitative estimate of drug-likeness (QED) is 0.608. The molecule has 0 atom stereocenters. The third kappa shape index (κ3) is 5.82. The number of rotatable bonds is 10. The zero-order chi connectivity index (χ0) is 19.1. The Morgan fingerprint density at radius 3 is 2.63 bits per heavy atom. The summed E-state index contributed by atoms with van der Waals surface area (Å²) in [6, 6.07) is 10.2. The summed E-state index contributed by atoms with van der Waals surface area (Å²) in [6.45, 7) is 3.31. The van der Waals surface area contributed by atoms with Gasteiger partial charge in [0.05, 0.1) is 18.8 Å². The van der Waals surface area contributed by atoms with Gasteiger partial charge in [0.25, 0.3) is 0 Å². The highest BCUT2D eigenvalue weighted by atomic mass is 32.2. The van der Waals surface area contributed by atoms with Crippen molar-refractivity contribution in [3.8, 4) is 0 Å². The third-order valence-corrected chi connectivity index (χ3v) is 5.19. The number of aromatic nitrogens is 3. The molecule has 0 bridgehead atoms. The van der Waals surface area contributed by atoms with E-state index in [9.17, 15) is 9.59 Å². The minimum absolute atomic E-state index is 0.00340. The number of hydrogen-bond donors (Lipinski definition) is 2. The van der Waals surface area contributed by atoms with Crippen molar-refractivity contribution in [1.29, 1.82) is 0 Å². The van der Waals surface area contributed by atoms with E-state index in [2.05, 4.69) is 37.5 Å². The molecule has 144 valence electrons. The van der Waals surface area contributed by atoms with Crippen molar-refractivity contribution in [2.24, 2.45) is 0 Å². The summed E-state index contributed by atoms with van der Waals surface area (Å²) in [5.41, 5.74) is 1.18. The monoisotopic (exact) mass is 387 g/mol. The maximum absolute atomic E-state index is 12.0. The van der Waals surface area contributed by atoms with E-state index >= 15 is 0 Å². The molecule has 1 fully saturated rings. The van der Waals surface area contributed by atoms with Crippen molar-refractivity contribution in [2.45, 2.75) is 43.8 Å². The van der Waals surface area contributed by atoms with Gasteiger partial charge >= 0.3 is 0 Å². The molecule has 27 heavy (non-hydrogen) atoms. The molecule has 2 N–H and O–H groups in total. The summed E-state index contributed by atoms with van der Waals surface area (Å²) in [6.07, 6.45) is 3.16. The fraction of sp³-hybridized carbons (Fsp3) is 0.474. The van der Waals surface area contributed by atoms with Gasteiger partial charge in [0.2, 0.25) is 11.8 Å². The van der Waals surface area contributed by atoms with Crippen LogP contribution in [0.4, 0.5) is 0 Å². The van der Waals surface area contributed by atoms with Gasteiger partial charge in [-0.3, -0.25) is 9.59 Å². The van der Waals surface area contributed by atoms with Gasteiger partial charge in [-0.05, 0) is 24.8 Å². The van der Waals surface area contributed by atoms with Crippen molar-refractivity contribution in [1.82, 2.24) is 25.4 Å². The third-order valence-electron chi connectivity index (χ3n) is 4.22. The second-order valence-corrected chi connectivity index (χ2v) is 7.54. The first-order valence-corrected chi connectivity index (χ1v) is 10.3. The van der Waals surface area contributed by atoms with Crippen LogP contribution in [-0.4, -0.2) is 45.4 Å². The van der Waals surface area contributed by atoms with Crippen LogP contribution >= 0.6 is 11.8 Å². The molecule has 0 saturated heterocycles. The fourth-order valence-corrected chi connectivity index (χ4v) is 3.43. The molecule has 8 heteroatoms. The highest BCUT2D eigenvalue weighted by Crippen LogP contribution is 2.40. The molecule has 7 nitrogen and oxygen atoms in total. The van der Waals surface area contributed by atoms with Gasteiger partial charge in [0.15, 0.2) is 5.16 Å². The SMILES string of the molecule is CCCNC(=O)CNC(=O)CSc1nnc(C2CC2)n1Cc1ccccc1. The number of amides is 2. The first-order valence-electron chi connectivity index (χ1n) is 9.30. The molecule has 0 spiro atoms. The molecular weight excluding hydrogens is 362 g/mol. The molecule has 0 unspecified atom stereocenters. The molecule has 2 aromatic rings. The summed E-state index contributed by atoms with van der Waals surface area (Å²) >= 11 is 1.36. The molecule has 1 aromatic carbocycles. The Bertz CT molecular complexity index is 774. The fourth-order valence-electron chi connectivity index (χ4n) is 2.65. The van der Waals surface area contributed by atoms with Crippen LogP contribution in [0.2, 0.25) is 0 Å². The number of thioether (sulfide) groups is 1. The van der Waals surface area contributed by atoms with E-state index in [1.807, 2.05) is 25.1 Å². The van der Waals surface area contributed by atoms with Gasteiger partial charge < -0.3 is 15.2 Å². The van der Waals surface area contributed by atoms with Crippen molar-refractivity contribution >= 4 is 23.6 Å². The summed E-state index contributed by atoms with van der Waals surface area (Å²) < 4.78 is 2.11. The van der Waals surface area contributed by atoms with Gasteiger partial charge in [-0.25, -0.2) is 0 Å². The highest BCUT2D eigenvalue weighted by Gasteiger charge is 2.30. The first kappa shape index (κ1) is 19.4. The minimum atomic E-state index is -0.186. The van der Waals surface area contributed by atoms with Crippen LogP contribution in [0.25, 0.3) is 0 Å². The second kappa shape index (κ2) is 9.55. The van der Waals surface area contributed by atoms with Crippen molar-refractivity contribution < 1.29 is 9.59 Å². The molecule has 0 aliphatic heterocycles. The molecule has 0 radical (unpaired) electrons. The topological polar surface area (TPSA) is 88.9 Å². The maximum atomic E-state index is 12.0. The van der Waals surface area contributed by atoms with Crippen LogP contribution in [0, 0.1) is 0 Å². The van der Waals surface area contributed by atoms with E-state index in [4.69, 9.17) is 0 Å². The summed E-state index contributed by atoms with van der Waals surface area (Å²) in [7, 11) is 0. The van der Waals surface area contributed by atoms with Gasteiger partial charge in [0, 0.05) is 12.5 Å². The smallest absolute Gasteiger partial charge is 0.239 e. The lowest BCUT2D eigenvalue weighted by atomic mass is 10.2. The van der Waals surface area contributed by atoms with Crippen LogP contribution in [-0.2, 0) is 16.1 Å². The van der Waals surface area contributed by atoms with Gasteiger partial charge in [-0.1, -0.05) is 49.0 Å². The zero-order valence-corrected chi connectivity index (χ0v) is 16.3. The lowest BCUT2D eigenvalue weighted by Crippen LogP contribution is -2.37. The van der Waals surface area contributed by atoms with E-state index in [1.165, 1.54) is 17.3 Å². The predicted octanol–water partition coefficient (Wildman–Crippen LogP) is 1.94. The Kier molecular flexibility index (Phi) is 6.86. The number of nitrogens with one attached hydrogen (secondary N) is 2. The zero-order valence-electron chi connectivity index (χ0n) is 15.5. The Labute approximate surface area is 163 Å². The normalized spacial score (nSPS) is 13.4. The number of hydrogen-bond acceptors (Lipinski definition) is 5. The van der Waals surface area contributed by atoms with Crippen LogP contribution in [0.5, 0.6) is 0 Å². The molecule has 1 heterocycles. The molecule has 1 aromatic heterocycles. The Morgan fingerprint density at radius 2 is 1.93 bits per heavy atom. The molecular formula is C19H25N5O2S. The average molecular weight is 388 g/mol. The van der Waals surface area contributed by atoms with Crippen molar-refractivity contribution in [3.05, 3.63) is 41.7 Å². The number of carbonyl (C=O) groups is 2. The first-order chi connectivity index (χ1) is 13.2. The summed E-state index contributed by atoms with van der Waals surface area (Å²) in [4.78, 5) is 23.6. The summed E-state index contributed by atoms with van der Waals surface area (Å²) in [5, 5.41) is 14.8. The maximum Gasteiger partial charge on any atom is 0.239 e. The average Bonchev–Trinajstić information content (AvgIpc) is 3.46. The predicted molar refractivity (Wildman–Crippen MR) is 105 cm³/mol. The van der Waals surface area contributed by atoms with E-state index in [-0.39, 0.29) is 24.1 Å². The molecule has 3 rings (SSSR count). The lowest BCUT2D eigenvalue weighted by Gasteiger charge is -2.10. The lowest BCUT2D eigenvalue weighted by molar-refractivity contribution is -0.124. The van der Waals surface area contributed by atoms with Crippen molar-refractivity contribution in [3.63, 3.8) is 0 Å². The second-order valence-electron chi connectivity index (χ2n) is 6.60. The summed E-state index contributed by atoms with van der Waals surface area (Å²) in [5.74, 6) is 1.33. The highest BCUT2D eigenvalue weighted by molar-refractivity contribution is 7.99. The van der Waals surface area contributed by atoms with E-state index in [0.29, 0.717) is 19.0 Å². The van der Waals surface area contributed by atoms with Crippen molar-refractivity contribution in [2.75, 3.05) is 18.8 Å². The van der Waals surface area contributed by atoms with Gasteiger partial charge in [-0.2, -0.15) is 0 Å². The van der Waals surface area contributed by atoms with E-state index in [1.54, 1.807) is 0 Å². The van der Waals surface area contributed by atoms with Crippen LogP contribution < -0.4 is 10.6 Å². The van der Waals surface area contributed by atoms with Crippen LogP contribution in [0.15, 0.2) is 35.5 Å².